The van der Waals surface area contributed by atoms with E-state index in [0.29, 0.717) is 18.4 Å². The standard InChI is InChI=1S/C18H25N5O2.Li.H/c1-11(2)23-12(3)20-10-16(23)15-7-8-19-18(22-15)21-14-6-4-5-13(9-14)17(24)25;;/h7-8,10-11,13-14H,4-6,9H2,1-3H3,(H,24,25)(H,19,21,22);;/q;+1;-1. The molecule has 1 aliphatic rings. The normalized spacial score (nSPS) is 19.8. The van der Waals surface area contributed by atoms with Gasteiger partial charge in [-0.2, -0.15) is 0 Å². The van der Waals surface area contributed by atoms with Crippen LogP contribution in [0, 0.1) is 12.8 Å². The number of anilines is 1. The van der Waals surface area contributed by atoms with Gasteiger partial charge in [0.15, 0.2) is 0 Å². The molecule has 8 heteroatoms. The van der Waals surface area contributed by atoms with Crippen molar-refractivity contribution in [3.63, 3.8) is 0 Å². The van der Waals surface area contributed by atoms with Gasteiger partial charge in [-0.15, -0.1) is 0 Å². The smallest absolute Gasteiger partial charge is 1.00 e. The number of nitrogens with zero attached hydrogens (tertiary/aromatic N) is 4. The van der Waals surface area contributed by atoms with Crippen molar-refractivity contribution in [1.82, 2.24) is 19.5 Å². The molecule has 2 N–H and O–H groups in total. The molecule has 0 aromatic carbocycles. The summed E-state index contributed by atoms with van der Waals surface area (Å²) in [5.41, 5.74) is 1.78. The number of aryl methyl sites for hydroxylation is 1. The summed E-state index contributed by atoms with van der Waals surface area (Å²) in [5, 5.41) is 12.5. The van der Waals surface area contributed by atoms with Gasteiger partial charge in [-0.05, 0) is 46.1 Å². The van der Waals surface area contributed by atoms with Gasteiger partial charge in [0.2, 0.25) is 5.95 Å². The van der Waals surface area contributed by atoms with Gasteiger partial charge in [-0.1, -0.05) is 6.42 Å². The van der Waals surface area contributed by atoms with Gasteiger partial charge in [-0.25, -0.2) is 15.0 Å². The number of hydrogen-bond donors (Lipinski definition) is 2. The number of carbonyl (C=O) groups is 1. The SMILES string of the molecule is Cc1ncc(-c2ccnc(NC3CCCC(C(=O)O)C3)n2)n1C(C)C.[H-].[Li+]. The molecule has 0 saturated heterocycles. The molecule has 0 bridgehead atoms. The summed E-state index contributed by atoms with van der Waals surface area (Å²) >= 11 is 0. The topological polar surface area (TPSA) is 92.9 Å². The number of aromatic nitrogens is 4. The molecule has 7 nitrogen and oxygen atoms in total. The molecule has 2 aromatic rings. The molecule has 0 radical (unpaired) electrons. The van der Waals surface area contributed by atoms with Crippen LogP contribution in [-0.2, 0) is 4.79 Å². The molecular formula is C18H26LiN5O2. The first kappa shape index (κ1) is 20.5. The summed E-state index contributed by atoms with van der Waals surface area (Å²) < 4.78 is 2.15. The summed E-state index contributed by atoms with van der Waals surface area (Å²) in [5.74, 6) is 0.509. The van der Waals surface area contributed by atoms with Gasteiger partial charge in [0.25, 0.3) is 0 Å². The molecule has 3 rings (SSSR count). The Bertz CT molecular complexity index is 768. The number of hydrogen-bond acceptors (Lipinski definition) is 5. The molecule has 1 fully saturated rings. The van der Waals surface area contributed by atoms with Crippen LogP contribution < -0.4 is 24.2 Å². The average molecular weight is 351 g/mol. The predicted octanol–water partition coefficient (Wildman–Crippen LogP) is 0.401. The van der Waals surface area contributed by atoms with Crippen LogP contribution in [-0.4, -0.2) is 36.6 Å². The van der Waals surface area contributed by atoms with Gasteiger partial charge in [-0.3, -0.25) is 4.79 Å². The molecule has 0 aliphatic heterocycles. The van der Waals surface area contributed by atoms with Gasteiger partial charge < -0.3 is 16.4 Å². The van der Waals surface area contributed by atoms with E-state index in [1.165, 1.54) is 0 Å². The minimum Gasteiger partial charge on any atom is -1.00 e. The first-order chi connectivity index (χ1) is 12.0. The Labute approximate surface area is 167 Å². The Morgan fingerprint density at radius 1 is 1.38 bits per heavy atom. The van der Waals surface area contributed by atoms with E-state index in [0.717, 1.165) is 36.5 Å². The molecule has 1 saturated carbocycles. The Morgan fingerprint density at radius 2 is 2.15 bits per heavy atom. The van der Waals surface area contributed by atoms with Crippen LogP contribution in [0.25, 0.3) is 11.4 Å². The van der Waals surface area contributed by atoms with E-state index in [9.17, 15) is 9.90 Å². The number of carboxylic acid groups (broad SMARTS) is 1. The molecule has 1 aliphatic carbocycles. The Kier molecular flexibility index (Phi) is 6.85. The Hall–Kier alpha value is -1.84. The molecule has 2 heterocycles. The van der Waals surface area contributed by atoms with Crippen LogP contribution in [0.2, 0.25) is 0 Å². The van der Waals surface area contributed by atoms with Crippen molar-refractivity contribution in [2.24, 2.45) is 5.92 Å². The van der Waals surface area contributed by atoms with Crippen molar-refractivity contribution in [3.8, 4) is 11.4 Å². The van der Waals surface area contributed by atoms with E-state index in [1.807, 2.05) is 19.2 Å². The fraction of sp³-hybridized carbons (Fsp3) is 0.556. The average Bonchev–Trinajstić information content (AvgIpc) is 2.97. The molecule has 0 amide bonds. The molecular weight excluding hydrogens is 325 g/mol. The summed E-state index contributed by atoms with van der Waals surface area (Å²) in [6.45, 7) is 6.22. The fourth-order valence-corrected chi connectivity index (χ4v) is 3.59. The van der Waals surface area contributed by atoms with Crippen molar-refractivity contribution in [1.29, 1.82) is 0 Å². The second-order valence-electron chi connectivity index (χ2n) is 6.96. The van der Waals surface area contributed by atoms with Crippen LogP contribution in [0.3, 0.4) is 0 Å². The van der Waals surface area contributed by atoms with Gasteiger partial charge in [0.05, 0.1) is 23.5 Å². The van der Waals surface area contributed by atoms with E-state index in [4.69, 9.17) is 0 Å². The Balaban J connectivity index is 0.00000182. The van der Waals surface area contributed by atoms with Crippen LogP contribution in [0.5, 0.6) is 0 Å². The number of imidazole rings is 1. The second-order valence-corrected chi connectivity index (χ2v) is 6.96. The fourth-order valence-electron chi connectivity index (χ4n) is 3.59. The maximum Gasteiger partial charge on any atom is 1.00 e. The summed E-state index contributed by atoms with van der Waals surface area (Å²) in [4.78, 5) is 24.6. The zero-order valence-corrected chi connectivity index (χ0v) is 15.9. The molecule has 2 unspecified atom stereocenters. The van der Waals surface area contributed by atoms with Crippen LogP contribution in [0.15, 0.2) is 18.5 Å². The third kappa shape index (κ3) is 4.46. The zero-order valence-electron chi connectivity index (χ0n) is 16.9. The van der Waals surface area contributed by atoms with E-state index < -0.39 is 5.97 Å². The van der Waals surface area contributed by atoms with Gasteiger partial charge in [0, 0.05) is 18.3 Å². The third-order valence-corrected chi connectivity index (χ3v) is 4.77. The number of nitrogens with one attached hydrogen (secondary N) is 1. The third-order valence-electron chi connectivity index (χ3n) is 4.77. The van der Waals surface area contributed by atoms with E-state index in [-0.39, 0.29) is 32.2 Å². The largest absolute Gasteiger partial charge is 1.00 e. The maximum atomic E-state index is 11.2. The minimum absolute atomic E-state index is 0. The van der Waals surface area contributed by atoms with Crippen LogP contribution in [0.4, 0.5) is 5.95 Å². The molecule has 136 valence electrons. The zero-order chi connectivity index (χ0) is 18.0. The second kappa shape index (κ2) is 8.70. The number of rotatable bonds is 5. The molecule has 26 heavy (non-hydrogen) atoms. The van der Waals surface area contributed by atoms with Crippen molar-refractivity contribution in [3.05, 3.63) is 24.3 Å². The summed E-state index contributed by atoms with van der Waals surface area (Å²) in [7, 11) is 0. The number of aliphatic carboxylic acids is 1. The van der Waals surface area contributed by atoms with Gasteiger partial charge in [0.1, 0.15) is 5.82 Å². The van der Waals surface area contributed by atoms with Crippen molar-refractivity contribution in [2.75, 3.05) is 5.32 Å². The number of carboxylic acids is 1. The van der Waals surface area contributed by atoms with E-state index in [2.05, 4.69) is 38.7 Å². The van der Waals surface area contributed by atoms with E-state index in [1.54, 1.807) is 6.20 Å². The Morgan fingerprint density at radius 3 is 2.85 bits per heavy atom. The maximum absolute atomic E-state index is 11.2. The van der Waals surface area contributed by atoms with Crippen molar-refractivity contribution >= 4 is 11.9 Å². The van der Waals surface area contributed by atoms with Gasteiger partial charge >= 0.3 is 24.8 Å². The molecule has 2 atom stereocenters. The van der Waals surface area contributed by atoms with E-state index >= 15 is 0 Å². The molecule has 0 spiro atoms. The summed E-state index contributed by atoms with van der Waals surface area (Å²) in [6.07, 6.45) is 6.79. The van der Waals surface area contributed by atoms with Crippen molar-refractivity contribution < 1.29 is 30.2 Å². The summed E-state index contributed by atoms with van der Waals surface area (Å²) in [6, 6.07) is 2.27. The minimum atomic E-state index is -0.711. The first-order valence-electron chi connectivity index (χ1n) is 8.82. The monoisotopic (exact) mass is 351 g/mol. The predicted molar refractivity (Wildman–Crippen MR) is 96.5 cm³/mol. The van der Waals surface area contributed by atoms with Crippen LogP contribution in [0.1, 0.15) is 52.8 Å². The molecule has 2 aromatic heterocycles. The first-order valence-corrected chi connectivity index (χ1v) is 8.82. The van der Waals surface area contributed by atoms with Crippen LogP contribution >= 0.6 is 0 Å². The quantitative estimate of drug-likeness (QED) is 0.758. The van der Waals surface area contributed by atoms with Crippen molar-refractivity contribution in [2.45, 2.75) is 58.5 Å².